The molecule has 0 aliphatic carbocycles. The Hall–Kier alpha value is -2.80. The van der Waals surface area contributed by atoms with Crippen molar-refractivity contribution in [2.75, 3.05) is 5.32 Å². The molecule has 0 saturated carbocycles. The molecule has 0 aromatic heterocycles. The minimum absolute atomic E-state index is 0.202. The van der Waals surface area contributed by atoms with Gasteiger partial charge in [-0.05, 0) is 31.0 Å². The van der Waals surface area contributed by atoms with Gasteiger partial charge in [0.15, 0.2) is 0 Å². The van der Waals surface area contributed by atoms with Gasteiger partial charge in [0, 0.05) is 12.1 Å². The monoisotopic (exact) mass is 348 g/mol. The van der Waals surface area contributed by atoms with Crippen molar-refractivity contribution in [3.05, 3.63) is 65.7 Å². The maximum absolute atomic E-state index is 13.5. The van der Waals surface area contributed by atoms with E-state index < -0.39 is 35.6 Å². The zero-order valence-corrected chi connectivity index (χ0v) is 13.5. The van der Waals surface area contributed by atoms with E-state index in [1.54, 1.807) is 31.2 Å². The topological polar surface area (TPSA) is 78.4 Å². The summed E-state index contributed by atoms with van der Waals surface area (Å²) in [5.41, 5.74) is 0.403. The molecule has 0 fully saturated rings. The number of aliphatic hydroxyl groups is 1. The maximum atomic E-state index is 13.5. The lowest BCUT2D eigenvalue weighted by atomic mass is 10.0. The van der Waals surface area contributed by atoms with Crippen molar-refractivity contribution in [2.24, 2.45) is 0 Å². The second-order valence-corrected chi connectivity index (χ2v) is 5.61. The molecule has 0 heterocycles. The Morgan fingerprint density at radius 3 is 2.40 bits per heavy atom. The molecule has 7 heteroatoms. The predicted octanol–water partition coefficient (Wildman–Crippen LogP) is 2.53. The number of rotatable bonds is 5. The molecule has 5 nitrogen and oxygen atoms in total. The van der Waals surface area contributed by atoms with Crippen molar-refractivity contribution in [2.45, 2.75) is 25.5 Å². The van der Waals surface area contributed by atoms with Crippen molar-refractivity contribution < 1.29 is 23.5 Å². The molecule has 3 N–H and O–H groups in total. The third-order valence-corrected chi connectivity index (χ3v) is 3.52. The normalized spacial score (nSPS) is 13.0. The number of anilines is 1. The smallest absolute Gasteiger partial charge is 0.313 e. The standard InChI is InChI=1S/C18H18F2N2O3/c1-11(9-16(23)12-5-3-2-4-6-12)21-17(24)18(25)22-15-8-7-13(19)10-14(15)20/h2-8,10-11,16,23H,9H2,1H3,(H,21,24)(H,22,25). The zero-order valence-electron chi connectivity index (χ0n) is 13.5. The number of carbonyl (C=O) groups excluding carboxylic acids is 2. The lowest BCUT2D eigenvalue weighted by Gasteiger charge is -2.18. The molecule has 0 spiro atoms. The molecule has 2 rings (SSSR count). The summed E-state index contributed by atoms with van der Waals surface area (Å²) in [5.74, 6) is -3.82. The van der Waals surface area contributed by atoms with Gasteiger partial charge in [-0.3, -0.25) is 9.59 Å². The molecule has 2 aromatic carbocycles. The number of nitrogens with one attached hydrogen (secondary N) is 2. The van der Waals surface area contributed by atoms with Crippen LogP contribution >= 0.6 is 0 Å². The number of carbonyl (C=O) groups is 2. The molecule has 25 heavy (non-hydrogen) atoms. The minimum Gasteiger partial charge on any atom is -0.388 e. The van der Waals surface area contributed by atoms with Crippen LogP contribution in [0.25, 0.3) is 0 Å². The molecule has 2 atom stereocenters. The number of hydrogen-bond donors (Lipinski definition) is 3. The first-order valence-corrected chi connectivity index (χ1v) is 7.66. The summed E-state index contributed by atoms with van der Waals surface area (Å²) >= 11 is 0. The Kier molecular flexibility index (Phi) is 6.19. The molecule has 132 valence electrons. The van der Waals surface area contributed by atoms with E-state index in [9.17, 15) is 23.5 Å². The van der Waals surface area contributed by atoms with Gasteiger partial charge in [-0.2, -0.15) is 0 Å². The van der Waals surface area contributed by atoms with Crippen LogP contribution in [-0.4, -0.2) is 23.0 Å². The van der Waals surface area contributed by atoms with E-state index in [0.29, 0.717) is 11.6 Å². The van der Waals surface area contributed by atoms with Crippen LogP contribution in [0.3, 0.4) is 0 Å². The van der Waals surface area contributed by atoms with Crippen LogP contribution in [0, 0.1) is 11.6 Å². The van der Waals surface area contributed by atoms with Crippen molar-refractivity contribution in [3.8, 4) is 0 Å². The lowest BCUT2D eigenvalue weighted by Crippen LogP contribution is -2.41. The van der Waals surface area contributed by atoms with E-state index in [1.807, 2.05) is 6.07 Å². The maximum Gasteiger partial charge on any atom is 0.313 e. The molecule has 0 saturated heterocycles. The molecular formula is C18H18F2N2O3. The summed E-state index contributed by atoms with van der Waals surface area (Å²) in [6.45, 7) is 1.63. The second kappa shape index (κ2) is 8.34. The van der Waals surface area contributed by atoms with Gasteiger partial charge in [0.1, 0.15) is 11.6 Å². The van der Waals surface area contributed by atoms with E-state index in [0.717, 1.165) is 12.1 Å². The van der Waals surface area contributed by atoms with Gasteiger partial charge in [0.05, 0.1) is 11.8 Å². The van der Waals surface area contributed by atoms with Gasteiger partial charge in [-0.1, -0.05) is 30.3 Å². The Morgan fingerprint density at radius 1 is 1.08 bits per heavy atom. The SMILES string of the molecule is CC(CC(O)c1ccccc1)NC(=O)C(=O)Nc1ccc(F)cc1F. The molecule has 0 aliphatic rings. The van der Waals surface area contributed by atoms with E-state index in [2.05, 4.69) is 10.6 Å². The van der Waals surface area contributed by atoms with E-state index in [-0.39, 0.29) is 12.1 Å². The van der Waals surface area contributed by atoms with Crippen LogP contribution in [0.4, 0.5) is 14.5 Å². The number of hydrogen-bond acceptors (Lipinski definition) is 3. The highest BCUT2D eigenvalue weighted by atomic mass is 19.1. The first kappa shape index (κ1) is 18.5. The largest absolute Gasteiger partial charge is 0.388 e. The van der Waals surface area contributed by atoms with Crippen LogP contribution in [-0.2, 0) is 9.59 Å². The number of amides is 2. The third-order valence-electron chi connectivity index (χ3n) is 3.52. The first-order chi connectivity index (χ1) is 11.9. The minimum atomic E-state index is -1.08. The molecule has 2 aromatic rings. The Morgan fingerprint density at radius 2 is 1.76 bits per heavy atom. The van der Waals surface area contributed by atoms with Gasteiger partial charge in [-0.25, -0.2) is 8.78 Å². The molecule has 0 bridgehead atoms. The summed E-state index contributed by atoms with van der Waals surface area (Å²) in [5, 5.41) is 14.6. The summed E-state index contributed by atoms with van der Waals surface area (Å²) in [6.07, 6.45) is -0.595. The van der Waals surface area contributed by atoms with E-state index >= 15 is 0 Å². The first-order valence-electron chi connectivity index (χ1n) is 7.66. The average molecular weight is 348 g/mol. The molecular weight excluding hydrogens is 330 g/mol. The Bertz CT molecular complexity index is 753. The van der Waals surface area contributed by atoms with Gasteiger partial charge >= 0.3 is 11.8 Å². The van der Waals surface area contributed by atoms with Crippen molar-refractivity contribution in [1.29, 1.82) is 0 Å². The number of benzene rings is 2. The summed E-state index contributed by atoms with van der Waals surface area (Å²) in [4.78, 5) is 23.6. The highest BCUT2D eigenvalue weighted by Gasteiger charge is 2.20. The van der Waals surface area contributed by atoms with Crippen molar-refractivity contribution in [3.63, 3.8) is 0 Å². The predicted molar refractivity (Wildman–Crippen MR) is 88.6 cm³/mol. The Balaban J connectivity index is 1.88. The number of halogens is 2. The van der Waals surface area contributed by atoms with Crippen LogP contribution in [0.15, 0.2) is 48.5 Å². The second-order valence-electron chi connectivity index (χ2n) is 5.61. The van der Waals surface area contributed by atoms with Crippen LogP contribution in [0.2, 0.25) is 0 Å². The zero-order chi connectivity index (χ0) is 18.4. The highest BCUT2D eigenvalue weighted by molar-refractivity contribution is 6.39. The van der Waals surface area contributed by atoms with Crippen LogP contribution in [0.1, 0.15) is 25.0 Å². The summed E-state index contributed by atoms with van der Waals surface area (Å²) < 4.78 is 26.3. The fourth-order valence-corrected chi connectivity index (χ4v) is 2.26. The van der Waals surface area contributed by atoms with Crippen LogP contribution < -0.4 is 10.6 Å². The van der Waals surface area contributed by atoms with Gasteiger partial charge in [0.25, 0.3) is 0 Å². The van der Waals surface area contributed by atoms with Gasteiger partial charge < -0.3 is 15.7 Å². The summed E-state index contributed by atoms with van der Waals surface area (Å²) in [7, 11) is 0. The molecule has 2 amide bonds. The molecule has 0 radical (unpaired) electrons. The van der Waals surface area contributed by atoms with Crippen molar-refractivity contribution >= 4 is 17.5 Å². The van der Waals surface area contributed by atoms with E-state index in [1.165, 1.54) is 0 Å². The van der Waals surface area contributed by atoms with Gasteiger partial charge in [-0.15, -0.1) is 0 Å². The highest BCUT2D eigenvalue weighted by Crippen LogP contribution is 2.18. The Labute approximate surface area is 143 Å². The molecule has 0 aliphatic heterocycles. The quantitative estimate of drug-likeness (QED) is 0.727. The third kappa shape index (κ3) is 5.36. The average Bonchev–Trinajstić information content (AvgIpc) is 2.57. The molecule has 2 unspecified atom stereocenters. The summed E-state index contributed by atoms with van der Waals surface area (Å²) in [6, 6.07) is 11.0. The number of aliphatic hydroxyl groups excluding tert-OH is 1. The van der Waals surface area contributed by atoms with E-state index in [4.69, 9.17) is 0 Å². The fourth-order valence-electron chi connectivity index (χ4n) is 2.26. The van der Waals surface area contributed by atoms with Crippen molar-refractivity contribution in [1.82, 2.24) is 5.32 Å². The van der Waals surface area contributed by atoms with Gasteiger partial charge in [0.2, 0.25) is 0 Å². The fraction of sp³-hybridized carbons (Fsp3) is 0.222. The van der Waals surface area contributed by atoms with Crippen LogP contribution in [0.5, 0.6) is 0 Å². The lowest BCUT2D eigenvalue weighted by molar-refractivity contribution is -0.136.